The van der Waals surface area contributed by atoms with E-state index in [1.54, 1.807) is 13.0 Å². The van der Waals surface area contributed by atoms with Crippen LogP contribution in [0.15, 0.2) is 72.3 Å². The van der Waals surface area contributed by atoms with E-state index in [9.17, 15) is 9.90 Å². The summed E-state index contributed by atoms with van der Waals surface area (Å²) in [5.41, 5.74) is 2.38. The van der Waals surface area contributed by atoms with Crippen molar-refractivity contribution in [2.75, 3.05) is 0 Å². The standard InChI is InChI=1S/C17H16O2/c1-2-15(17(18)19)16(13-9-5-3-6-10-13)14-11-7-4-8-12-14/h2-12,16H,1H3,(H,18,19)/b15-2+. The van der Waals surface area contributed by atoms with Crippen molar-refractivity contribution in [1.82, 2.24) is 0 Å². The lowest BCUT2D eigenvalue weighted by atomic mass is 9.85. The quantitative estimate of drug-likeness (QED) is 0.839. The molecule has 2 aromatic rings. The second-order valence-corrected chi connectivity index (χ2v) is 4.30. The van der Waals surface area contributed by atoms with Gasteiger partial charge in [-0.2, -0.15) is 0 Å². The Morgan fingerprint density at radius 1 is 0.947 bits per heavy atom. The van der Waals surface area contributed by atoms with Crippen molar-refractivity contribution in [1.29, 1.82) is 0 Å². The Bertz CT molecular complexity index is 531. The van der Waals surface area contributed by atoms with Gasteiger partial charge in [0.15, 0.2) is 0 Å². The molecular weight excluding hydrogens is 236 g/mol. The molecule has 0 spiro atoms. The van der Waals surface area contributed by atoms with E-state index in [1.807, 2.05) is 60.7 Å². The number of allylic oxidation sites excluding steroid dienone is 1. The summed E-state index contributed by atoms with van der Waals surface area (Å²) < 4.78 is 0. The van der Waals surface area contributed by atoms with Crippen molar-refractivity contribution in [3.05, 3.63) is 83.4 Å². The molecule has 1 N–H and O–H groups in total. The molecule has 0 aromatic heterocycles. The topological polar surface area (TPSA) is 37.3 Å². The van der Waals surface area contributed by atoms with Crippen molar-refractivity contribution < 1.29 is 9.90 Å². The highest BCUT2D eigenvalue weighted by Gasteiger charge is 2.22. The first kappa shape index (κ1) is 13.1. The molecule has 0 atom stereocenters. The number of carboxylic acids is 1. The minimum absolute atomic E-state index is 0.232. The maximum atomic E-state index is 11.5. The van der Waals surface area contributed by atoms with Gasteiger partial charge in [0.05, 0.1) is 0 Å². The van der Waals surface area contributed by atoms with E-state index in [0.29, 0.717) is 5.57 Å². The molecule has 0 saturated heterocycles. The van der Waals surface area contributed by atoms with Crippen LogP contribution in [0.4, 0.5) is 0 Å². The third-order valence-electron chi connectivity index (χ3n) is 3.13. The van der Waals surface area contributed by atoms with Gasteiger partial charge in [0.25, 0.3) is 0 Å². The summed E-state index contributed by atoms with van der Waals surface area (Å²) in [6.07, 6.45) is 1.67. The second kappa shape index (κ2) is 6.01. The molecule has 0 unspecified atom stereocenters. The summed E-state index contributed by atoms with van der Waals surface area (Å²) >= 11 is 0. The fourth-order valence-electron chi connectivity index (χ4n) is 2.26. The summed E-state index contributed by atoms with van der Waals surface area (Å²) in [4.78, 5) is 11.5. The van der Waals surface area contributed by atoms with Crippen LogP contribution in [-0.2, 0) is 4.79 Å². The lowest BCUT2D eigenvalue weighted by Crippen LogP contribution is -2.12. The minimum Gasteiger partial charge on any atom is -0.478 e. The zero-order chi connectivity index (χ0) is 13.7. The molecule has 2 rings (SSSR count). The van der Waals surface area contributed by atoms with Gasteiger partial charge in [-0.3, -0.25) is 0 Å². The van der Waals surface area contributed by atoms with Crippen molar-refractivity contribution in [3.8, 4) is 0 Å². The summed E-state index contributed by atoms with van der Waals surface area (Å²) in [5.74, 6) is -1.11. The number of benzene rings is 2. The molecule has 0 heterocycles. The molecule has 96 valence electrons. The highest BCUT2D eigenvalue weighted by atomic mass is 16.4. The van der Waals surface area contributed by atoms with Crippen LogP contribution in [0.2, 0.25) is 0 Å². The fraction of sp³-hybridized carbons (Fsp3) is 0.118. The highest BCUT2D eigenvalue weighted by Crippen LogP contribution is 2.31. The minimum atomic E-state index is -0.875. The van der Waals surface area contributed by atoms with Crippen LogP contribution in [-0.4, -0.2) is 11.1 Å². The summed E-state index contributed by atoms with van der Waals surface area (Å²) in [6.45, 7) is 1.77. The lowest BCUT2D eigenvalue weighted by Gasteiger charge is -2.18. The summed E-state index contributed by atoms with van der Waals surface area (Å²) in [5, 5.41) is 9.40. The normalized spacial score (nSPS) is 11.6. The van der Waals surface area contributed by atoms with Crippen LogP contribution >= 0.6 is 0 Å². The van der Waals surface area contributed by atoms with Gasteiger partial charge in [0.1, 0.15) is 0 Å². The van der Waals surface area contributed by atoms with E-state index in [1.165, 1.54) is 0 Å². The van der Waals surface area contributed by atoms with E-state index < -0.39 is 5.97 Å². The number of hydrogen-bond acceptors (Lipinski definition) is 1. The van der Waals surface area contributed by atoms with E-state index in [2.05, 4.69) is 0 Å². The molecule has 0 aliphatic carbocycles. The number of rotatable bonds is 4. The molecule has 0 bridgehead atoms. The SMILES string of the molecule is C/C=C(/C(=O)O)C(c1ccccc1)c1ccccc1. The summed E-state index contributed by atoms with van der Waals surface area (Å²) in [6, 6.07) is 19.4. The Morgan fingerprint density at radius 3 is 1.68 bits per heavy atom. The Morgan fingerprint density at radius 2 is 1.37 bits per heavy atom. The monoisotopic (exact) mass is 252 g/mol. The van der Waals surface area contributed by atoms with Crippen LogP contribution in [0.5, 0.6) is 0 Å². The second-order valence-electron chi connectivity index (χ2n) is 4.30. The molecular formula is C17H16O2. The molecule has 0 amide bonds. The Labute approximate surface area is 113 Å². The molecule has 0 radical (unpaired) electrons. The van der Waals surface area contributed by atoms with Crippen LogP contribution in [0.3, 0.4) is 0 Å². The number of carboxylic acid groups (broad SMARTS) is 1. The average molecular weight is 252 g/mol. The zero-order valence-corrected chi connectivity index (χ0v) is 10.8. The third-order valence-corrected chi connectivity index (χ3v) is 3.13. The van der Waals surface area contributed by atoms with Gasteiger partial charge in [-0.25, -0.2) is 4.79 Å². The highest BCUT2D eigenvalue weighted by molar-refractivity contribution is 5.89. The number of hydrogen-bond donors (Lipinski definition) is 1. The van der Waals surface area contributed by atoms with E-state index in [0.717, 1.165) is 11.1 Å². The molecule has 0 fully saturated rings. The summed E-state index contributed by atoms with van der Waals surface area (Å²) in [7, 11) is 0. The first-order valence-electron chi connectivity index (χ1n) is 6.23. The Balaban J connectivity index is 2.55. The van der Waals surface area contributed by atoms with Crippen molar-refractivity contribution in [2.45, 2.75) is 12.8 Å². The van der Waals surface area contributed by atoms with Crippen molar-refractivity contribution in [2.24, 2.45) is 0 Å². The van der Waals surface area contributed by atoms with E-state index in [-0.39, 0.29) is 5.92 Å². The van der Waals surface area contributed by atoms with Gasteiger partial charge in [-0.15, -0.1) is 0 Å². The molecule has 2 aromatic carbocycles. The predicted molar refractivity (Wildman–Crippen MR) is 76.1 cm³/mol. The first-order chi connectivity index (χ1) is 9.24. The largest absolute Gasteiger partial charge is 0.478 e. The Kier molecular flexibility index (Phi) is 4.14. The van der Waals surface area contributed by atoms with Crippen LogP contribution in [0, 0.1) is 0 Å². The predicted octanol–water partition coefficient (Wildman–Crippen LogP) is 3.85. The smallest absolute Gasteiger partial charge is 0.332 e. The lowest BCUT2D eigenvalue weighted by molar-refractivity contribution is -0.132. The van der Waals surface area contributed by atoms with Gasteiger partial charge in [0.2, 0.25) is 0 Å². The van der Waals surface area contributed by atoms with Crippen molar-refractivity contribution in [3.63, 3.8) is 0 Å². The van der Waals surface area contributed by atoms with Gasteiger partial charge < -0.3 is 5.11 Å². The zero-order valence-electron chi connectivity index (χ0n) is 10.8. The van der Waals surface area contributed by atoms with Crippen LogP contribution in [0.25, 0.3) is 0 Å². The fourth-order valence-corrected chi connectivity index (χ4v) is 2.26. The molecule has 0 saturated carbocycles. The molecule has 2 nitrogen and oxygen atoms in total. The van der Waals surface area contributed by atoms with E-state index >= 15 is 0 Å². The average Bonchev–Trinajstić information content (AvgIpc) is 2.46. The molecule has 19 heavy (non-hydrogen) atoms. The van der Waals surface area contributed by atoms with Crippen LogP contribution in [0.1, 0.15) is 24.0 Å². The van der Waals surface area contributed by atoms with Gasteiger partial charge in [-0.05, 0) is 18.1 Å². The van der Waals surface area contributed by atoms with E-state index in [4.69, 9.17) is 0 Å². The number of carbonyl (C=O) groups is 1. The molecule has 0 aliphatic rings. The van der Waals surface area contributed by atoms with Crippen LogP contribution < -0.4 is 0 Å². The van der Waals surface area contributed by atoms with Crippen molar-refractivity contribution >= 4 is 5.97 Å². The van der Waals surface area contributed by atoms with Gasteiger partial charge in [-0.1, -0.05) is 66.7 Å². The molecule has 0 aliphatic heterocycles. The van der Waals surface area contributed by atoms with Gasteiger partial charge in [0, 0.05) is 11.5 Å². The maximum Gasteiger partial charge on any atom is 0.332 e. The molecule has 2 heteroatoms. The third kappa shape index (κ3) is 2.91. The maximum absolute atomic E-state index is 11.5. The first-order valence-corrected chi connectivity index (χ1v) is 6.23. The van der Waals surface area contributed by atoms with Gasteiger partial charge >= 0.3 is 5.97 Å². The number of aliphatic carboxylic acids is 1. The Hall–Kier alpha value is -2.35.